The largest absolute Gasteiger partial charge is 0.394 e. The third-order valence-electron chi connectivity index (χ3n) is 24.0. The number of fused-ring (bicyclic) bond motifs is 4. The van der Waals surface area contributed by atoms with E-state index in [9.17, 15) is 81.4 Å². The minimum atomic E-state index is -2.03. The lowest BCUT2D eigenvalue weighted by atomic mass is 9.30. The van der Waals surface area contributed by atoms with Crippen molar-refractivity contribution < 1.29 is 133 Å². The number of hydrogen-bond acceptors (Lipinski definition) is 27. The molecule has 0 unspecified atom stereocenters. The van der Waals surface area contributed by atoms with Crippen LogP contribution in [0.1, 0.15) is 106 Å². The average Bonchev–Trinajstić information content (AvgIpc) is 1.63. The molecule has 27 nitrogen and oxygen atoms in total. The molecule has 11 fully saturated rings. The number of aliphatic hydroxyl groups excluding tert-OH is 15. The van der Waals surface area contributed by atoms with Crippen molar-refractivity contribution in [2.75, 3.05) is 39.6 Å². The van der Waals surface area contributed by atoms with E-state index in [1.54, 1.807) is 0 Å². The van der Waals surface area contributed by atoms with Crippen molar-refractivity contribution in [3.63, 3.8) is 0 Å². The van der Waals surface area contributed by atoms with Gasteiger partial charge in [-0.05, 0) is 98.2 Å². The van der Waals surface area contributed by atoms with Gasteiger partial charge in [0.15, 0.2) is 31.5 Å². The standard InChI is InChI=1S/C58H94O27/c1-52(2)29-7-11-55(5)30(8-12-58-31-15-53(3,22-61)13-14-57(31,23-78-58)32(63)16-56(55,58)6)54(29,4)10-9-33(52)83-50-45(85-49-44(74)40(70)36(66)26(18-60)80-49)38(68)28(21-77-50)82-51-46(84-48-42(72)34(64)24(62)19-75-48)41(71)37(67)27(81-51)20-76-47-43(73)39(69)35(65)25(17-59)79-47/h22,24-51,59-60,62-74H,7-21,23H2,1-6H3/t24-,25-,26-,27-,28+,29+,30-,31-,32-,33+,34+,35-,36-,37-,38+,39+,40+,41+,42-,43-,44-,45-,46-,47-,48+,49+,50+,51+,53+,54+,55-,56+,57-,58+/m1/s1. The first-order valence-electron chi connectivity index (χ1n) is 30.6. The van der Waals surface area contributed by atoms with Crippen molar-refractivity contribution in [2.45, 2.75) is 265 Å². The molecule has 2 bridgehead atoms. The molecule has 0 radical (unpaired) electrons. The van der Waals surface area contributed by atoms with E-state index >= 15 is 0 Å². The fraction of sp³-hybridized carbons (Fsp3) is 0.983. The van der Waals surface area contributed by atoms with Crippen LogP contribution in [0.3, 0.4) is 0 Å². The molecule has 0 aromatic heterocycles. The normalized spacial score (nSPS) is 57.6. The Hall–Kier alpha value is -1.37. The molecule has 488 valence electrons. The van der Waals surface area contributed by atoms with Gasteiger partial charge in [0, 0.05) is 16.2 Å². The number of carbonyl (C=O) groups is 1. The molecular formula is C58H94O27. The lowest BCUT2D eigenvalue weighted by Crippen LogP contribution is -2.74. The van der Waals surface area contributed by atoms with Gasteiger partial charge in [-0.15, -0.1) is 0 Å². The Balaban J connectivity index is 0.849. The molecule has 11 aliphatic rings. The summed E-state index contributed by atoms with van der Waals surface area (Å²) < 4.78 is 67.8. The molecule has 34 atom stereocenters. The minimum absolute atomic E-state index is 0.0423. The second-order valence-corrected chi connectivity index (χ2v) is 28.7. The van der Waals surface area contributed by atoms with Crippen LogP contribution in [0.15, 0.2) is 0 Å². The predicted molar refractivity (Wildman–Crippen MR) is 283 cm³/mol. The average molecular weight is 1220 g/mol. The minimum Gasteiger partial charge on any atom is -0.394 e. The molecule has 6 aliphatic heterocycles. The van der Waals surface area contributed by atoms with Crippen molar-refractivity contribution in [3.8, 4) is 0 Å². The fourth-order valence-electron chi connectivity index (χ4n) is 18.8. The highest BCUT2D eigenvalue weighted by Gasteiger charge is 2.80. The Morgan fingerprint density at radius 1 is 0.506 bits per heavy atom. The van der Waals surface area contributed by atoms with Crippen molar-refractivity contribution in [2.24, 2.45) is 50.2 Å². The SMILES string of the molecule is CC1(C)[C@@H](O[C@@H]2OC[C@H](O[C@@H]3O[C@H](CO[C@@H]4O[C@H](CO)[C@@H](O)[C@H](O)[C@H]4O)[C@@H](O)[C@H](O)[C@H]3O[C@@H]3OC[C@@H](O)[C@H](O)[C@H]3O)[C@H](O)[C@H]2O[C@@H]2O[C@H](CO)[C@@H](O)[C@H](O)[C@H]2O)CC[C@]2(C)[C@H]3CC[C@]45OC[C@@]6(CC[C@](C)(C=O)C[C@H]64)[C@H](O)C[C@@]5(C)[C@]3(C)CC[C@@H]12. The summed E-state index contributed by atoms with van der Waals surface area (Å²) in [6.07, 6.45) is -33.0. The molecule has 85 heavy (non-hydrogen) atoms. The van der Waals surface area contributed by atoms with Crippen LogP contribution in [0.25, 0.3) is 0 Å². The van der Waals surface area contributed by atoms with Crippen LogP contribution >= 0.6 is 0 Å². The van der Waals surface area contributed by atoms with Gasteiger partial charge in [0.1, 0.15) is 116 Å². The molecule has 5 saturated carbocycles. The van der Waals surface area contributed by atoms with Gasteiger partial charge in [-0.2, -0.15) is 0 Å². The van der Waals surface area contributed by atoms with Gasteiger partial charge in [0.25, 0.3) is 0 Å². The van der Waals surface area contributed by atoms with Crippen molar-refractivity contribution in [1.82, 2.24) is 0 Å². The molecule has 0 aromatic carbocycles. The predicted octanol–water partition coefficient (Wildman–Crippen LogP) is -4.07. The molecule has 0 aromatic rings. The van der Waals surface area contributed by atoms with Crippen LogP contribution in [0.5, 0.6) is 0 Å². The van der Waals surface area contributed by atoms with E-state index in [0.29, 0.717) is 25.9 Å². The van der Waals surface area contributed by atoms with Crippen molar-refractivity contribution >= 4 is 6.29 Å². The second kappa shape index (κ2) is 23.6. The maximum atomic E-state index is 12.6. The highest BCUT2D eigenvalue weighted by atomic mass is 16.8. The third-order valence-corrected chi connectivity index (χ3v) is 24.0. The Morgan fingerprint density at radius 3 is 1.76 bits per heavy atom. The Bertz CT molecular complexity index is 2340. The van der Waals surface area contributed by atoms with Crippen molar-refractivity contribution in [3.05, 3.63) is 0 Å². The summed E-state index contributed by atoms with van der Waals surface area (Å²) in [5.74, 6) is 0.330. The fourth-order valence-corrected chi connectivity index (χ4v) is 18.8. The highest BCUT2D eigenvalue weighted by molar-refractivity contribution is 5.59. The highest BCUT2D eigenvalue weighted by Crippen LogP contribution is 2.80. The summed E-state index contributed by atoms with van der Waals surface area (Å²) in [6, 6.07) is 0. The zero-order valence-corrected chi connectivity index (χ0v) is 49.2. The smallest absolute Gasteiger partial charge is 0.187 e. The number of ether oxygens (including phenoxy) is 11. The van der Waals surface area contributed by atoms with Crippen LogP contribution in [0.2, 0.25) is 0 Å². The third kappa shape index (κ3) is 10.3. The van der Waals surface area contributed by atoms with Gasteiger partial charge < -0.3 is 133 Å². The summed E-state index contributed by atoms with van der Waals surface area (Å²) in [5, 5.41) is 164. The van der Waals surface area contributed by atoms with E-state index in [2.05, 4.69) is 34.6 Å². The van der Waals surface area contributed by atoms with Crippen LogP contribution in [0, 0.1) is 50.2 Å². The Kier molecular flexibility index (Phi) is 18.1. The van der Waals surface area contributed by atoms with E-state index < -0.39 is 208 Å². The number of hydrogen-bond donors (Lipinski definition) is 15. The van der Waals surface area contributed by atoms with Gasteiger partial charge in [-0.25, -0.2) is 0 Å². The van der Waals surface area contributed by atoms with Gasteiger partial charge in [-0.3, -0.25) is 0 Å². The zero-order valence-electron chi connectivity index (χ0n) is 49.2. The Labute approximate surface area is 493 Å². The van der Waals surface area contributed by atoms with Crippen molar-refractivity contribution in [1.29, 1.82) is 0 Å². The molecule has 5 aliphatic carbocycles. The molecule has 15 N–H and O–H groups in total. The summed E-state index contributed by atoms with van der Waals surface area (Å²) >= 11 is 0. The van der Waals surface area contributed by atoms with Gasteiger partial charge in [-0.1, -0.05) is 41.5 Å². The first kappa shape index (κ1) is 65.1. The Morgan fingerprint density at radius 2 is 1.09 bits per heavy atom. The lowest BCUT2D eigenvalue weighted by Gasteiger charge is -2.75. The van der Waals surface area contributed by atoms with Gasteiger partial charge >= 0.3 is 0 Å². The molecular weight excluding hydrogens is 1130 g/mol. The summed E-state index contributed by atoms with van der Waals surface area (Å²) in [7, 11) is 0. The topological polar surface area (TPSA) is 422 Å². The van der Waals surface area contributed by atoms with E-state index in [1.165, 1.54) is 0 Å². The second-order valence-electron chi connectivity index (χ2n) is 28.7. The van der Waals surface area contributed by atoms with E-state index in [-0.39, 0.29) is 34.0 Å². The first-order valence-corrected chi connectivity index (χ1v) is 30.6. The van der Waals surface area contributed by atoms with E-state index in [1.807, 2.05) is 6.92 Å². The molecule has 1 spiro atoms. The van der Waals surface area contributed by atoms with Crippen LogP contribution in [0.4, 0.5) is 0 Å². The van der Waals surface area contributed by atoms with E-state index in [0.717, 1.165) is 51.2 Å². The van der Waals surface area contributed by atoms with Crippen LogP contribution < -0.4 is 0 Å². The molecule has 11 rings (SSSR count). The van der Waals surface area contributed by atoms with Crippen LogP contribution in [-0.4, -0.2) is 282 Å². The maximum Gasteiger partial charge on any atom is 0.187 e. The van der Waals surface area contributed by atoms with Gasteiger partial charge in [0.05, 0.1) is 57.5 Å². The number of carbonyl (C=O) groups excluding carboxylic acids is 1. The van der Waals surface area contributed by atoms with Gasteiger partial charge in [0.2, 0.25) is 0 Å². The maximum absolute atomic E-state index is 12.6. The number of aldehydes is 1. The number of rotatable bonds is 14. The molecule has 6 heterocycles. The summed E-state index contributed by atoms with van der Waals surface area (Å²) in [5.41, 5.74) is -2.85. The number of aliphatic hydroxyl groups is 15. The summed E-state index contributed by atoms with van der Waals surface area (Å²) in [4.78, 5) is 12.6. The van der Waals surface area contributed by atoms with Crippen LogP contribution in [-0.2, 0) is 56.9 Å². The summed E-state index contributed by atoms with van der Waals surface area (Å²) in [6.45, 7) is 10.6. The van der Waals surface area contributed by atoms with E-state index in [4.69, 9.17) is 52.1 Å². The quantitative estimate of drug-likeness (QED) is 0.0581. The lowest BCUT2D eigenvalue weighted by molar-refractivity contribution is -0.394. The zero-order chi connectivity index (χ0) is 61.5. The molecule has 27 heteroatoms. The first-order chi connectivity index (χ1) is 40.0. The monoisotopic (exact) mass is 1220 g/mol. The molecule has 0 amide bonds. The molecule has 6 saturated heterocycles.